The second kappa shape index (κ2) is 8.82. The molecule has 0 fully saturated rings. The van der Waals surface area contributed by atoms with Crippen LogP contribution < -0.4 is 51.4 Å². The van der Waals surface area contributed by atoms with E-state index >= 15 is 0 Å². The topological polar surface area (TPSA) is 20.2 Å². The quantitative estimate of drug-likeness (QED) is 0.255. The van der Waals surface area contributed by atoms with E-state index in [0.717, 1.165) is 6.61 Å². The van der Waals surface area contributed by atoms with Crippen LogP contribution >= 0.6 is 0 Å². The number of hydrogen-bond donors (Lipinski definition) is 1. The first-order valence-electron chi connectivity index (χ1n) is 0.836. The van der Waals surface area contributed by atoms with Gasteiger partial charge in [-0.1, -0.05) is 0 Å². The van der Waals surface area contributed by atoms with E-state index in [1.54, 1.807) is 6.92 Å². The van der Waals surface area contributed by atoms with Gasteiger partial charge in [-0.25, -0.2) is 6.61 Å². The molecule has 0 aliphatic carbocycles. The average molecular weight is 84.2 g/mol. The van der Waals surface area contributed by atoms with Crippen LogP contribution in [-0.2, 0) is 0 Å². The summed E-state index contributed by atoms with van der Waals surface area (Å²) in [5.41, 5.74) is 0. The first kappa shape index (κ1) is 9.14. The van der Waals surface area contributed by atoms with Crippen LogP contribution in [0.3, 0.4) is 0 Å². The summed E-state index contributed by atoms with van der Waals surface area (Å²) in [7, 11) is 0. The van der Waals surface area contributed by atoms with E-state index in [2.05, 4.69) is 0 Å². The summed E-state index contributed by atoms with van der Waals surface area (Å²) in [4.78, 5) is 0. The summed E-state index contributed by atoms with van der Waals surface area (Å²) in [6.07, 6.45) is 0. The van der Waals surface area contributed by atoms with Crippen molar-refractivity contribution in [2.45, 2.75) is 6.92 Å². The monoisotopic (exact) mass is 84.0 g/mol. The normalized spacial score (nSPS) is 4.50. The SMILES string of the molecule is C[CH-]O.[K+]. The van der Waals surface area contributed by atoms with Crippen molar-refractivity contribution in [3.8, 4) is 0 Å². The number of hydrogen-bond acceptors (Lipinski definition) is 1. The molecule has 0 radical (unpaired) electrons. The molecule has 0 amide bonds. The van der Waals surface area contributed by atoms with Gasteiger partial charge in [0.1, 0.15) is 0 Å². The number of aliphatic hydroxyl groups excluding tert-OH is 1. The predicted molar refractivity (Wildman–Crippen MR) is 11.9 cm³/mol. The second-order valence-electron chi connectivity index (χ2n) is 0.258. The standard InChI is InChI=1S/C2H5O.K/c1-2-3;/h2-3H,1H3;/q-1;+1. The molecule has 0 aromatic rings. The third-order valence-electron chi connectivity index (χ3n) is 0. The number of aliphatic hydroxyl groups is 1. The molecular weight excluding hydrogens is 79.1 g/mol. The third-order valence-corrected chi connectivity index (χ3v) is 0. The van der Waals surface area contributed by atoms with E-state index in [1.165, 1.54) is 0 Å². The molecular formula is C2H5KO. The van der Waals surface area contributed by atoms with E-state index < -0.39 is 0 Å². The fraction of sp³-hybridized carbons (Fsp3) is 0.500. The van der Waals surface area contributed by atoms with Crippen LogP contribution in [0, 0.1) is 6.61 Å². The van der Waals surface area contributed by atoms with Crippen molar-refractivity contribution in [1.29, 1.82) is 0 Å². The van der Waals surface area contributed by atoms with Crippen molar-refractivity contribution >= 4 is 0 Å². The molecule has 0 saturated heterocycles. The van der Waals surface area contributed by atoms with Crippen molar-refractivity contribution in [2.24, 2.45) is 0 Å². The Bertz CT molecular complexity index is 6.00. The molecule has 4 heavy (non-hydrogen) atoms. The Kier molecular flexibility index (Phi) is 20.2. The Morgan fingerprint density at radius 2 is 1.75 bits per heavy atom. The van der Waals surface area contributed by atoms with E-state index in [4.69, 9.17) is 5.11 Å². The fourth-order valence-electron chi connectivity index (χ4n) is 0. The molecule has 0 bridgehead atoms. The zero-order chi connectivity index (χ0) is 2.71. The molecule has 1 nitrogen and oxygen atoms in total. The zero-order valence-corrected chi connectivity index (χ0v) is 6.15. The van der Waals surface area contributed by atoms with Crippen LogP contribution in [0.25, 0.3) is 0 Å². The summed E-state index contributed by atoms with van der Waals surface area (Å²) < 4.78 is 0. The smallest absolute Gasteiger partial charge is 0.566 e. The largest absolute Gasteiger partial charge is 1.00 e. The number of rotatable bonds is 0. The molecule has 20 valence electrons. The van der Waals surface area contributed by atoms with Gasteiger partial charge in [-0.3, -0.25) is 0 Å². The van der Waals surface area contributed by atoms with Gasteiger partial charge < -0.3 is 5.11 Å². The Labute approximate surface area is 68.8 Å². The van der Waals surface area contributed by atoms with Crippen LogP contribution in [0.2, 0.25) is 0 Å². The van der Waals surface area contributed by atoms with Gasteiger partial charge in [0.05, 0.1) is 0 Å². The first-order chi connectivity index (χ1) is 1.41. The van der Waals surface area contributed by atoms with Gasteiger partial charge in [-0.05, 0) is 0 Å². The summed E-state index contributed by atoms with van der Waals surface area (Å²) in [6.45, 7) is 2.56. The van der Waals surface area contributed by atoms with Crippen molar-refractivity contribution < 1.29 is 56.5 Å². The van der Waals surface area contributed by atoms with E-state index in [9.17, 15) is 0 Å². The summed E-state index contributed by atoms with van der Waals surface area (Å²) in [6, 6.07) is 0. The molecule has 0 unspecified atom stereocenters. The maximum Gasteiger partial charge on any atom is 1.00 e. The molecule has 0 rings (SSSR count). The van der Waals surface area contributed by atoms with Crippen LogP contribution in [0.15, 0.2) is 0 Å². The van der Waals surface area contributed by atoms with Crippen molar-refractivity contribution in [2.75, 3.05) is 0 Å². The third kappa shape index (κ3) is 9.51. The molecule has 0 aromatic heterocycles. The van der Waals surface area contributed by atoms with Gasteiger partial charge in [0.2, 0.25) is 0 Å². The van der Waals surface area contributed by atoms with Crippen molar-refractivity contribution in [1.82, 2.24) is 0 Å². The minimum atomic E-state index is 0. The Balaban J connectivity index is 0. The molecule has 0 aliphatic rings. The second-order valence-corrected chi connectivity index (χ2v) is 0.258. The minimum absolute atomic E-state index is 0. The molecule has 1 N–H and O–H groups in total. The average Bonchev–Trinajstić information content (AvgIpc) is 0.918. The summed E-state index contributed by atoms with van der Waals surface area (Å²) in [5, 5.41) is 7.44. The van der Waals surface area contributed by atoms with Gasteiger partial charge in [0, 0.05) is 0 Å². The van der Waals surface area contributed by atoms with Gasteiger partial charge >= 0.3 is 51.4 Å². The minimum Gasteiger partial charge on any atom is -0.566 e. The van der Waals surface area contributed by atoms with Crippen LogP contribution in [0.4, 0.5) is 0 Å². The predicted octanol–water partition coefficient (Wildman–Crippen LogP) is -2.46. The molecule has 0 saturated carbocycles. The summed E-state index contributed by atoms with van der Waals surface area (Å²) in [5.74, 6) is 0. The zero-order valence-electron chi connectivity index (χ0n) is 3.02. The Morgan fingerprint density at radius 3 is 1.75 bits per heavy atom. The molecule has 0 heterocycles. The van der Waals surface area contributed by atoms with Gasteiger partial charge in [-0.2, -0.15) is 6.92 Å². The first-order valence-corrected chi connectivity index (χ1v) is 0.836. The fourth-order valence-corrected chi connectivity index (χ4v) is 0. The van der Waals surface area contributed by atoms with Gasteiger partial charge in [0.15, 0.2) is 0 Å². The molecule has 2 heteroatoms. The maximum absolute atomic E-state index is 7.44. The van der Waals surface area contributed by atoms with E-state index in [-0.39, 0.29) is 51.4 Å². The van der Waals surface area contributed by atoms with Crippen LogP contribution in [0.1, 0.15) is 6.92 Å². The van der Waals surface area contributed by atoms with Gasteiger partial charge in [0.25, 0.3) is 0 Å². The van der Waals surface area contributed by atoms with Crippen molar-refractivity contribution in [3.05, 3.63) is 6.61 Å². The van der Waals surface area contributed by atoms with E-state index in [1.807, 2.05) is 0 Å². The van der Waals surface area contributed by atoms with Crippen molar-refractivity contribution in [3.63, 3.8) is 0 Å². The Hall–Kier alpha value is 1.60. The van der Waals surface area contributed by atoms with Crippen LogP contribution in [-0.4, -0.2) is 5.11 Å². The van der Waals surface area contributed by atoms with Crippen LogP contribution in [0.5, 0.6) is 0 Å². The molecule has 0 atom stereocenters. The molecule has 0 spiro atoms. The molecule has 0 aliphatic heterocycles. The van der Waals surface area contributed by atoms with E-state index in [0.29, 0.717) is 0 Å². The maximum atomic E-state index is 7.44. The summed E-state index contributed by atoms with van der Waals surface area (Å²) >= 11 is 0. The van der Waals surface area contributed by atoms with Gasteiger partial charge in [-0.15, -0.1) is 0 Å². The molecule has 0 aromatic carbocycles. The Morgan fingerprint density at radius 1 is 1.75 bits per heavy atom.